The summed E-state index contributed by atoms with van der Waals surface area (Å²) in [5.74, 6) is -0.484. The van der Waals surface area contributed by atoms with Crippen LogP contribution in [-0.2, 0) is 11.3 Å². The number of rotatable bonds is 4. The van der Waals surface area contributed by atoms with Crippen molar-refractivity contribution in [3.05, 3.63) is 91.9 Å². The second-order valence-electron chi connectivity index (χ2n) is 7.37. The lowest BCUT2D eigenvalue weighted by atomic mass is 10.3. The summed E-state index contributed by atoms with van der Waals surface area (Å²) in [7, 11) is 0. The SMILES string of the molecule is Cc1ccn2c(=O)cc(COC(=O)c3cc4c(C)nn(-c5ccccc5Cl)c4s3)nc2c1. The van der Waals surface area contributed by atoms with Crippen molar-refractivity contribution in [3.8, 4) is 5.69 Å². The Balaban J connectivity index is 1.42. The standard InChI is InChI=1S/C23H17ClN4O3S/c1-13-7-8-27-20(9-13)25-15(10-21(27)29)12-31-23(30)19-11-16-14(2)26-28(22(16)32-19)18-6-4-3-5-17(18)24/h3-11H,12H2,1-2H3. The molecule has 0 spiro atoms. The summed E-state index contributed by atoms with van der Waals surface area (Å²) in [5.41, 5.74) is 3.20. The zero-order chi connectivity index (χ0) is 22.4. The summed E-state index contributed by atoms with van der Waals surface area (Å²) in [5, 5.41) is 5.99. The van der Waals surface area contributed by atoms with E-state index in [-0.39, 0.29) is 12.2 Å². The highest BCUT2D eigenvalue weighted by molar-refractivity contribution is 7.20. The lowest BCUT2D eigenvalue weighted by molar-refractivity contribution is 0.0473. The first kappa shape index (κ1) is 20.4. The Morgan fingerprint density at radius 2 is 1.97 bits per heavy atom. The third-order valence-electron chi connectivity index (χ3n) is 5.05. The fourth-order valence-electron chi connectivity index (χ4n) is 3.47. The number of aryl methyl sites for hydroxylation is 2. The van der Waals surface area contributed by atoms with Crippen LogP contribution in [0.2, 0.25) is 5.02 Å². The number of carbonyl (C=O) groups is 1. The third kappa shape index (κ3) is 3.57. The second-order valence-corrected chi connectivity index (χ2v) is 8.81. The van der Waals surface area contributed by atoms with Crippen LogP contribution in [0.4, 0.5) is 0 Å². The van der Waals surface area contributed by atoms with E-state index in [1.54, 1.807) is 23.0 Å². The molecule has 1 aromatic carbocycles. The molecule has 4 aromatic heterocycles. The van der Waals surface area contributed by atoms with Crippen molar-refractivity contribution in [1.82, 2.24) is 19.2 Å². The van der Waals surface area contributed by atoms with Crippen molar-refractivity contribution < 1.29 is 9.53 Å². The normalized spacial score (nSPS) is 11.3. The van der Waals surface area contributed by atoms with Crippen molar-refractivity contribution in [2.45, 2.75) is 20.5 Å². The summed E-state index contributed by atoms with van der Waals surface area (Å²) in [6.45, 7) is 3.71. The number of benzene rings is 1. The van der Waals surface area contributed by atoms with Crippen LogP contribution >= 0.6 is 22.9 Å². The number of pyridine rings is 1. The maximum absolute atomic E-state index is 12.7. The van der Waals surface area contributed by atoms with Gasteiger partial charge in [-0.1, -0.05) is 23.7 Å². The maximum atomic E-state index is 12.7. The first-order chi connectivity index (χ1) is 15.4. The highest BCUT2D eigenvalue weighted by Gasteiger charge is 2.19. The molecule has 0 bridgehead atoms. The third-order valence-corrected chi connectivity index (χ3v) is 6.46. The van der Waals surface area contributed by atoms with Gasteiger partial charge in [-0.3, -0.25) is 9.20 Å². The van der Waals surface area contributed by atoms with Crippen LogP contribution in [-0.4, -0.2) is 25.1 Å². The molecule has 32 heavy (non-hydrogen) atoms. The Morgan fingerprint density at radius 1 is 1.16 bits per heavy atom. The minimum atomic E-state index is -0.484. The van der Waals surface area contributed by atoms with Gasteiger partial charge in [-0.25, -0.2) is 14.5 Å². The molecule has 7 nitrogen and oxygen atoms in total. The van der Waals surface area contributed by atoms with E-state index in [9.17, 15) is 9.59 Å². The van der Waals surface area contributed by atoms with Crippen LogP contribution < -0.4 is 5.56 Å². The second kappa shape index (κ2) is 7.89. The minimum Gasteiger partial charge on any atom is -0.455 e. The number of halogens is 1. The Kier molecular flexibility index (Phi) is 5.03. The highest BCUT2D eigenvalue weighted by Crippen LogP contribution is 2.32. The van der Waals surface area contributed by atoms with Crippen LogP contribution in [0.25, 0.3) is 21.6 Å². The summed E-state index contributed by atoms with van der Waals surface area (Å²) in [6.07, 6.45) is 1.68. The van der Waals surface area contributed by atoms with E-state index in [0.717, 1.165) is 27.2 Å². The molecule has 0 saturated heterocycles. The van der Waals surface area contributed by atoms with Crippen molar-refractivity contribution in [2.24, 2.45) is 0 Å². The molecule has 4 heterocycles. The van der Waals surface area contributed by atoms with E-state index in [1.807, 2.05) is 44.2 Å². The van der Waals surface area contributed by atoms with Gasteiger partial charge in [0, 0.05) is 17.6 Å². The zero-order valence-electron chi connectivity index (χ0n) is 17.2. The Morgan fingerprint density at radius 3 is 2.78 bits per heavy atom. The molecule has 0 atom stereocenters. The van der Waals surface area contributed by atoms with Gasteiger partial charge >= 0.3 is 5.97 Å². The first-order valence-corrected chi connectivity index (χ1v) is 11.0. The average Bonchev–Trinajstić information content (AvgIpc) is 3.33. The van der Waals surface area contributed by atoms with E-state index in [4.69, 9.17) is 16.3 Å². The number of hydrogen-bond acceptors (Lipinski definition) is 6. The monoisotopic (exact) mass is 464 g/mol. The molecular weight excluding hydrogens is 448 g/mol. The molecule has 0 amide bonds. The van der Waals surface area contributed by atoms with E-state index < -0.39 is 5.97 Å². The average molecular weight is 465 g/mol. The molecule has 0 aliphatic heterocycles. The number of aromatic nitrogens is 4. The molecule has 0 saturated carbocycles. The summed E-state index contributed by atoms with van der Waals surface area (Å²) < 4.78 is 8.65. The van der Waals surface area contributed by atoms with Gasteiger partial charge in [-0.2, -0.15) is 5.10 Å². The maximum Gasteiger partial charge on any atom is 0.348 e. The molecular formula is C23H17ClN4O3S. The Hall–Kier alpha value is -3.49. The predicted molar refractivity (Wildman–Crippen MR) is 124 cm³/mol. The van der Waals surface area contributed by atoms with Gasteiger partial charge in [0.2, 0.25) is 0 Å². The number of carbonyl (C=O) groups excluding carboxylic acids is 1. The largest absolute Gasteiger partial charge is 0.455 e. The first-order valence-electron chi connectivity index (χ1n) is 9.81. The van der Waals surface area contributed by atoms with Gasteiger partial charge in [-0.15, -0.1) is 11.3 Å². The van der Waals surface area contributed by atoms with Gasteiger partial charge in [0.15, 0.2) is 0 Å². The van der Waals surface area contributed by atoms with Gasteiger partial charge in [0.1, 0.15) is 22.0 Å². The Labute approximate surface area is 191 Å². The van der Waals surface area contributed by atoms with Gasteiger partial charge in [0.05, 0.1) is 22.1 Å². The van der Waals surface area contributed by atoms with E-state index >= 15 is 0 Å². The molecule has 5 rings (SSSR count). The van der Waals surface area contributed by atoms with E-state index in [2.05, 4.69) is 10.1 Å². The zero-order valence-corrected chi connectivity index (χ0v) is 18.8. The number of thiophene rings is 1. The number of ether oxygens (including phenoxy) is 1. The lowest BCUT2D eigenvalue weighted by Gasteiger charge is -2.06. The van der Waals surface area contributed by atoms with Crippen LogP contribution in [0, 0.1) is 13.8 Å². The van der Waals surface area contributed by atoms with Crippen LogP contribution in [0.3, 0.4) is 0 Å². The van der Waals surface area contributed by atoms with E-state index in [1.165, 1.54) is 21.8 Å². The molecule has 0 unspecified atom stereocenters. The number of fused-ring (bicyclic) bond motifs is 2. The van der Waals surface area contributed by atoms with Gasteiger partial charge in [-0.05, 0) is 49.7 Å². The fraction of sp³-hybridized carbons (Fsp3) is 0.130. The van der Waals surface area contributed by atoms with Crippen molar-refractivity contribution >= 4 is 44.8 Å². The molecule has 0 aliphatic rings. The highest BCUT2D eigenvalue weighted by atomic mass is 35.5. The molecule has 0 N–H and O–H groups in total. The van der Waals surface area contributed by atoms with Crippen LogP contribution in [0.1, 0.15) is 26.6 Å². The number of hydrogen-bond donors (Lipinski definition) is 0. The molecule has 0 fully saturated rings. The minimum absolute atomic E-state index is 0.0949. The Bertz CT molecular complexity index is 1570. The summed E-state index contributed by atoms with van der Waals surface area (Å²) >= 11 is 7.62. The fourth-order valence-corrected chi connectivity index (χ4v) is 4.76. The van der Waals surface area contributed by atoms with Gasteiger partial charge in [0.25, 0.3) is 5.56 Å². The van der Waals surface area contributed by atoms with Crippen molar-refractivity contribution in [1.29, 1.82) is 0 Å². The molecule has 5 aromatic rings. The van der Waals surface area contributed by atoms with Crippen molar-refractivity contribution in [3.63, 3.8) is 0 Å². The number of nitrogens with zero attached hydrogens (tertiary/aromatic N) is 4. The molecule has 0 aliphatic carbocycles. The molecule has 9 heteroatoms. The molecule has 0 radical (unpaired) electrons. The van der Waals surface area contributed by atoms with Crippen molar-refractivity contribution in [2.75, 3.05) is 0 Å². The summed E-state index contributed by atoms with van der Waals surface area (Å²) in [6, 6.07) is 14.2. The van der Waals surface area contributed by atoms with E-state index in [0.29, 0.717) is 21.2 Å². The van der Waals surface area contributed by atoms with Gasteiger partial charge < -0.3 is 4.74 Å². The summed E-state index contributed by atoms with van der Waals surface area (Å²) in [4.78, 5) is 30.7. The predicted octanol–water partition coefficient (Wildman–Crippen LogP) is 4.72. The quantitative estimate of drug-likeness (QED) is 0.359. The number of esters is 1. The van der Waals surface area contributed by atoms with Crippen LogP contribution in [0.15, 0.2) is 59.5 Å². The van der Waals surface area contributed by atoms with Crippen LogP contribution in [0.5, 0.6) is 0 Å². The lowest BCUT2D eigenvalue weighted by Crippen LogP contribution is -2.16. The smallest absolute Gasteiger partial charge is 0.348 e. The topological polar surface area (TPSA) is 78.5 Å². The number of para-hydroxylation sites is 1. The molecule has 160 valence electrons.